The zero-order valence-electron chi connectivity index (χ0n) is 15.0. The lowest BCUT2D eigenvalue weighted by molar-refractivity contribution is 0.600. The molecule has 0 aliphatic carbocycles. The number of aromatic nitrogens is 3. The third-order valence-corrected chi connectivity index (χ3v) is 5.65. The second-order valence-corrected chi connectivity index (χ2v) is 7.69. The third-order valence-electron chi connectivity index (χ3n) is 4.00. The fourth-order valence-corrected chi connectivity index (χ4v) is 4.14. The molecule has 0 atom stereocenters. The van der Waals surface area contributed by atoms with Crippen molar-refractivity contribution < 1.29 is 12.8 Å². The summed E-state index contributed by atoms with van der Waals surface area (Å²) in [7, 11) is -3.75. The number of nitrogens with one attached hydrogen (secondary N) is 3. The van der Waals surface area contributed by atoms with E-state index >= 15 is 0 Å². The van der Waals surface area contributed by atoms with Crippen molar-refractivity contribution in [1.82, 2.24) is 15.2 Å². The molecule has 0 fully saturated rings. The van der Waals surface area contributed by atoms with Crippen LogP contribution in [0.4, 0.5) is 15.9 Å². The van der Waals surface area contributed by atoms with Gasteiger partial charge in [0.05, 0.1) is 23.3 Å². The first-order valence-electron chi connectivity index (χ1n) is 8.34. The summed E-state index contributed by atoms with van der Waals surface area (Å²) in [5.41, 5.74) is 1.84. The number of aryl methyl sites for hydroxylation is 2. The van der Waals surface area contributed by atoms with Crippen LogP contribution < -0.4 is 10.0 Å². The minimum Gasteiger partial charge on any atom is -0.370 e. The van der Waals surface area contributed by atoms with Crippen LogP contribution in [0.2, 0.25) is 0 Å². The Bertz CT molecular complexity index is 1010. The SMILES string of the molecule is Cc1n[nH]c(C)c1S(=O)(=O)Nc1ccc(NCCc2ccccc2F)nc1. The largest absolute Gasteiger partial charge is 0.370 e. The van der Waals surface area contributed by atoms with Gasteiger partial charge in [0, 0.05) is 6.54 Å². The molecule has 3 rings (SSSR count). The molecule has 0 saturated carbocycles. The number of H-pyrrole nitrogens is 1. The van der Waals surface area contributed by atoms with Gasteiger partial charge in [-0.25, -0.2) is 17.8 Å². The summed E-state index contributed by atoms with van der Waals surface area (Å²) in [6.07, 6.45) is 1.94. The van der Waals surface area contributed by atoms with Gasteiger partial charge in [-0.15, -0.1) is 0 Å². The van der Waals surface area contributed by atoms with Crippen molar-refractivity contribution in [1.29, 1.82) is 0 Å². The normalized spacial score (nSPS) is 11.4. The van der Waals surface area contributed by atoms with Gasteiger partial charge in [0.25, 0.3) is 10.0 Å². The van der Waals surface area contributed by atoms with Gasteiger partial charge in [0.2, 0.25) is 0 Å². The smallest absolute Gasteiger partial charge is 0.265 e. The molecule has 2 heterocycles. The molecule has 0 amide bonds. The lowest BCUT2D eigenvalue weighted by Gasteiger charge is -2.10. The first kappa shape index (κ1) is 18.8. The molecular weight excluding hydrogens is 369 g/mol. The lowest BCUT2D eigenvalue weighted by atomic mass is 10.1. The van der Waals surface area contributed by atoms with Crippen LogP contribution in [-0.4, -0.2) is 30.1 Å². The summed E-state index contributed by atoms with van der Waals surface area (Å²) in [6, 6.07) is 9.89. The van der Waals surface area contributed by atoms with E-state index in [4.69, 9.17) is 0 Å². The highest BCUT2D eigenvalue weighted by Gasteiger charge is 2.22. The van der Waals surface area contributed by atoms with Crippen LogP contribution in [-0.2, 0) is 16.4 Å². The molecule has 0 spiro atoms. The Kier molecular flexibility index (Phi) is 5.41. The van der Waals surface area contributed by atoms with Gasteiger partial charge < -0.3 is 5.32 Å². The highest BCUT2D eigenvalue weighted by molar-refractivity contribution is 7.92. The van der Waals surface area contributed by atoms with Crippen molar-refractivity contribution in [2.45, 2.75) is 25.2 Å². The van der Waals surface area contributed by atoms with Crippen LogP contribution in [0.5, 0.6) is 0 Å². The number of hydrogen-bond donors (Lipinski definition) is 3. The van der Waals surface area contributed by atoms with Crippen LogP contribution >= 0.6 is 0 Å². The molecule has 0 radical (unpaired) electrons. The van der Waals surface area contributed by atoms with E-state index in [1.54, 1.807) is 44.2 Å². The van der Waals surface area contributed by atoms with E-state index in [-0.39, 0.29) is 10.7 Å². The van der Waals surface area contributed by atoms with E-state index in [9.17, 15) is 12.8 Å². The van der Waals surface area contributed by atoms with Crippen molar-refractivity contribution in [3.63, 3.8) is 0 Å². The molecule has 2 aromatic heterocycles. The second kappa shape index (κ2) is 7.75. The summed E-state index contributed by atoms with van der Waals surface area (Å²) in [4.78, 5) is 4.32. The maximum atomic E-state index is 13.6. The number of rotatable bonds is 7. The van der Waals surface area contributed by atoms with Crippen molar-refractivity contribution in [3.05, 3.63) is 65.4 Å². The molecular formula is C18H20FN5O2S. The average molecular weight is 389 g/mol. The van der Waals surface area contributed by atoms with Crippen LogP contribution in [0.15, 0.2) is 47.5 Å². The molecule has 1 aromatic carbocycles. The fourth-order valence-electron chi connectivity index (χ4n) is 2.73. The molecule has 27 heavy (non-hydrogen) atoms. The first-order chi connectivity index (χ1) is 12.9. The van der Waals surface area contributed by atoms with E-state index in [0.29, 0.717) is 41.4 Å². The Morgan fingerprint density at radius 3 is 2.56 bits per heavy atom. The molecule has 0 aliphatic rings. The molecule has 7 nitrogen and oxygen atoms in total. The zero-order valence-corrected chi connectivity index (χ0v) is 15.8. The van der Waals surface area contributed by atoms with Gasteiger partial charge in [-0.1, -0.05) is 18.2 Å². The highest BCUT2D eigenvalue weighted by Crippen LogP contribution is 2.21. The number of pyridine rings is 1. The number of anilines is 2. The topological polar surface area (TPSA) is 99.8 Å². The number of hydrogen-bond acceptors (Lipinski definition) is 5. The minimum atomic E-state index is -3.75. The molecule has 0 bridgehead atoms. The molecule has 3 aromatic rings. The predicted octanol–water partition coefficient (Wildman–Crippen LogP) is 3.02. The van der Waals surface area contributed by atoms with E-state index in [0.717, 1.165) is 0 Å². The predicted molar refractivity (Wildman–Crippen MR) is 102 cm³/mol. The molecule has 0 saturated heterocycles. The number of aromatic amines is 1. The highest BCUT2D eigenvalue weighted by atomic mass is 32.2. The zero-order chi connectivity index (χ0) is 19.4. The van der Waals surface area contributed by atoms with Gasteiger partial charge in [-0.3, -0.25) is 9.82 Å². The second-order valence-electron chi connectivity index (χ2n) is 6.07. The Morgan fingerprint density at radius 1 is 1.15 bits per heavy atom. The number of sulfonamides is 1. The van der Waals surface area contributed by atoms with E-state index in [1.807, 2.05) is 0 Å². The summed E-state index contributed by atoms with van der Waals surface area (Å²) in [5, 5.41) is 9.65. The number of nitrogens with zero attached hydrogens (tertiary/aromatic N) is 2. The van der Waals surface area contributed by atoms with Crippen molar-refractivity contribution in [2.24, 2.45) is 0 Å². The van der Waals surface area contributed by atoms with Crippen LogP contribution in [0, 0.1) is 19.7 Å². The van der Waals surface area contributed by atoms with Crippen molar-refractivity contribution in [2.75, 3.05) is 16.6 Å². The summed E-state index contributed by atoms with van der Waals surface area (Å²) < 4.78 is 41.1. The molecule has 142 valence electrons. The lowest BCUT2D eigenvalue weighted by Crippen LogP contribution is -2.15. The van der Waals surface area contributed by atoms with Crippen molar-refractivity contribution in [3.8, 4) is 0 Å². The molecule has 3 N–H and O–H groups in total. The number of benzene rings is 1. The Labute approximate surface area is 157 Å². The summed E-state index contributed by atoms with van der Waals surface area (Å²) >= 11 is 0. The van der Waals surface area contributed by atoms with E-state index < -0.39 is 10.0 Å². The van der Waals surface area contributed by atoms with Gasteiger partial charge in [-0.2, -0.15) is 5.10 Å². The molecule has 9 heteroatoms. The summed E-state index contributed by atoms with van der Waals surface area (Å²) in [5.74, 6) is 0.340. The molecule has 0 aliphatic heterocycles. The third kappa shape index (κ3) is 4.43. The maximum Gasteiger partial charge on any atom is 0.265 e. The van der Waals surface area contributed by atoms with Gasteiger partial charge in [-0.05, 0) is 44.0 Å². The Morgan fingerprint density at radius 2 is 1.93 bits per heavy atom. The standard InChI is InChI=1S/C18H20FN5O2S/c1-12-18(13(2)23-22-12)27(25,26)24-15-7-8-17(21-11-15)20-10-9-14-5-3-4-6-16(14)19/h3-8,11,24H,9-10H2,1-2H3,(H,20,21)(H,22,23). The van der Waals surface area contributed by atoms with Gasteiger partial charge in [0.1, 0.15) is 16.5 Å². The Hall–Kier alpha value is -2.94. The average Bonchev–Trinajstić information content (AvgIpc) is 2.97. The quantitative estimate of drug-likeness (QED) is 0.577. The monoisotopic (exact) mass is 389 g/mol. The van der Waals surface area contributed by atoms with Gasteiger partial charge in [0.15, 0.2) is 0 Å². The summed E-state index contributed by atoms with van der Waals surface area (Å²) in [6.45, 7) is 3.78. The first-order valence-corrected chi connectivity index (χ1v) is 9.83. The fraction of sp³-hybridized carbons (Fsp3) is 0.222. The Balaban J connectivity index is 1.61. The van der Waals surface area contributed by atoms with Crippen LogP contribution in [0.25, 0.3) is 0 Å². The number of halogens is 1. The van der Waals surface area contributed by atoms with E-state index in [1.165, 1.54) is 12.3 Å². The van der Waals surface area contributed by atoms with Gasteiger partial charge >= 0.3 is 0 Å². The minimum absolute atomic E-state index is 0.134. The van der Waals surface area contributed by atoms with E-state index in [2.05, 4.69) is 25.2 Å². The van der Waals surface area contributed by atoms with Crippen LogP contribution in [0.3, 0.4) is 0 Å². The van der Waals surface area contributed by atoms with Crippen LogP contribution in [0.1, 0.15) is 17.0 Å². The van der Waals surface area contributed by atoms with Crippen molar-refractivity contribution >= 4 is 21.5 Å². The maximum absolute atomic E-state index is 13.6. The molecule has 0 unspecified atom stereocenters.